The van der Waals surface area contributed by atoms with E-state index in [9.17, 15) is 4.79 Å². The summed E-state index contributed by atoms with van der Waals surface area (Å²) in [6, 6.07) is 12.2. The lowest BCUT2D eigenvalue weighted by Crippen LogP contribution is -2.20. The number of aryl methyl sites for hydroxylation is 1. The van der Waals surface area contributed by atoms with Gasteiger partial charge in [-0.1, -0.05) is 11.6 Å². The molecule has 0 saturated carbocycles. The molecule has 0 aromatic heterocycles. The molecule has 4 nitrogen and oxygen atoms in total. The SMILES string of the molecule is Cc1cc(NC(=O)COc2ccc(Cl)cc2)ccc1N. The zero-order valence-electron chi connectivity index (χ0n) is 11.0. The van der Waals surface area contributed by atoms with Crippen LogP contribution in [0, 0.1) is 6.92 Å². The van der Waals surface area contributed by atoms with Gasteiger partial charge in [0.2, 0.25) is 0 Å². The van der Waals surface area contributed by atoms with Gasteiger partial charge in [-0.05, 0) is 55.0 Å². The molecule has 0 aliphatic carbocycles. The van der Waals surface area contributed by atoms with Crippen molar-refractivity contribution in [2.75, 3.05) is 17.7 Å². The van der Waals surface area contributed by atoms with E-state index in [1.807, 2.05) is 13.0 Å². The number of carbonyl (C=O) groups is 1. The minimum Gasteiger partial charge on any atom is -0.484 e. The van der Waals surface area contributed by atoms with Crippen molar-refractivity contribution in [3.8, 4) is 5.75 Å². The maximum absolute atomic E-state index is 11.8. The molecule has 2 aromatic carbocycles. The van der Waals surface area contributed by atoms with Crippen molar-refractivity contribution in [2.45, 2.75) is 6.92 Å². The average Bonchev–Trinajstić information content (AvgIpc) is 2.42. The lowest BCUT2D eigenvalue weighted by atomic mass is 10.2. The molecule has 0 unspecified atom stereocenters. The molecule has 0 spiro atoms. The Kier molecular flexibility index (Phi) is 4.48. The number of nitrogens with two attached hydrogens (primary N) is 1. The molecule has 20 heavy (non-hydrogen) atoms. The second kappa shape index (κ2) is 6.30. The van der Waals surface area contributed by atoms with Crippen molar-refractivity contribution < 1.29 is 9.53 Å². The maximum Gasteiger partial charge on any atom is 0.262 e. The van der Waals surface area contributed by atoms with Gasteiger partial charge in [-0.2, -0.15) is 0 Å². The van der Waals surface area contributed by atoms with Crippen LogP contribution < -0.4 is 15.8 Å². The summed E-state index contributed by atoms with van der Waals surface area (Å²) in [5, 5.41) is 3.37. The molecule has 0 atom stereocenters. The number of anilines is 2. The minimum absolute atomic E-state index is 0.0644. The number of nitrogens with one attached hydrogen (secondary N) is 1. The van der Waals surface area contributed by atoms with Gasteiger partial charge in [0.25, 0.3) is 5.91 Å². The van der Waals surface area contributed by atoms with Crippen molar-refractivity contribution in [1.29, 1.82) is 0 Å². The number of amides is 1. The smallest absolute Gasteiger partial charge is 0.262 e. The summed E-state index contributed by atoms with van der Waals surface area (Å²) in [7, 11) is 0. The van der Waals surface area contributed by atoms with Crippen LogP contribution in [0.1, 0.15) is 5.56 Å². The van der Waals surface area contributed by atoms with Gasteiger partial charge in [-0.25, -0.2) is 0 Å². The van der Waals surface area contributed by atoms with E-state index in [1.165, 1.54) is 0 Å². The zero-order valence-corrected chi connectivity index (χ0v) is 11.8. The summed E-state index contributed by atoms with van der Waals surface area (Å²) in [5.74, 6) is 0.363. The van der Waals surface area contributed by atoms with Gasteiger partial charge in [-0.15, -0.1) is 0 Å². The zero-order chi connectivity index (χ0) is 14.5. The Morgan fingerprint density at radius 1 is 1.25 bits per heavy atom. The molecule has 0 aliphatic heterocycles. The van der Waals surface area contributed by atoms with E-state index < -0.39 is 0 Å². The van der Waals surface area contributed by atoms with Gasteiger partial charge in [0, 0.05) is 16.4 Å². The highest BCUT2D eigenvalue weighted by Gasteiger charge is 2.04. The fourth-order valence-electron chi connectivity index (χ4n) is 1.63. The normalized spacial score (nSPS) is 10.1. The number of halogens is 1. The number of hydrogen-bond donors (Lipinski definition) is 2. The summed E-state index contributed by atoms with van der Waals surface area (Å²) < 4.78 is 5.35. The summed E-state index contributed by atoms with van der Waals surface area (Å²) in [5.41, 5.74) is 8.03. The summed E-state index contributed by atoms with van der Waals surface area (Å²) in [6.45, 7) is 1.82. The highest BCUT2D eigenvalue weighted by Crippen LogP contribution is 2.17. The van der Waals surface area contributed by atoms with Gasteiger partial charge >= 0.3 is 0 Å². The van der Waals surface area contributed by atoms with E-state index in [1.54, 1.807) is 36.4 Å². The topological polar surface area (TPSA) is 64.3 Å². The van der Waals surface area contributed by atoms with Crippen LogP contribution in [-0.2, 0) is 4.79 Å². The predicted molar refractivity (Wildman–Crippen MR) is 81.2 cm³/mol. The van der Waals surface area contributed by atoms with Gasteiger partial charge in [0.15, 0.2) is 6.61 Å². The van der Waals surface area contributed by atoms with Crippen LogP contribution in [0.4, 0.5) is 11.4 Å². The van der Waals surface area contributed by atoms with Crippen molar-refractivity contribution in [3.05, 3.63) is 53.1 Å². The second-order valence-corrected chi connectivity index (χ2v) is 4.80. The Morgan fingerprint density at radius 3 is 2.60 bits per heavy atom. The fraction of sp³-hybridized carbons (Fsp3) is 0.133. The van der Waals surface area contributed by atoms with Gasteiger partial charge in [-0.3, -0.25) is 4.79 Å². The first-order chi connectivity index (χ1) is 9.54. The standard InChI is InChI=1S/C15H15ClN2O2/c1-10-8-12(4-7-14(10)17)18-15(19)9-20-13-5-2-11(16)3-6-13/h2-8H,9,17H2,1H3,(H,18,19). The summed E-state index contributed by atoms with van der Waals surface area (Å²) in [4.78, 5) is 11.8. The Balaban J connectivity index is 1.89. The first-order valence-electron chi connectivity index (χ1n) is 6.09. The van der Waals surface area contributed by atoms with Crippen LogP contribution in [0.3, 0.4) is 0 Å². The molecule has 5 heteroatoms. The fourth-order valence-corrected chi connectivity index (χ4v) is 1.76. The Morgan fingerprint density at radius 2 is 1.95 bits per heavy atom. The molecule has 0 aliphatic rings. The van der Waals surface area contributed by atoms with Crippen molar-refractivity contribution >= 4 is 28.9 Å². The lowest BCUT2D eigenvalue weighted by Gasteiger charge is -2.09. The van der Waals surface area contributed by atoms with E-state index in [0.717, 1.165) is 5.56 Å². The molecule has 0 heterocycles. The Bertz CT molecular complexity index is 612. The highest BCUT2D eigenvalue weighted by molar-refractivity contribution is 6.30. The number of rotatable bonds is 4. The monoisotopic (exact) mass is 290 g/mol. The predicted octanol–water partition coefficient (Wildman–Crippen LogP) is 3.25. The molecule has 104 valence electrons. The second-order valence-electron chi connectivity index (χ2n) is 4.36. The van der Waals surface area contributed by atoms with Crippen molar-refractivity contribution in [2.24, 2.45) is 0 Å². The molecular weight excluding hydrogens is 276 g/mol. The van der Waals surface area contributed by atoms with Crippen molar-refractivity contribution in [3.63, 3.8) is 0 Å². The molecule has 0 fully saturated rings. The number of nitrogen functional groups attached to an aromatic ring is 1. The molecular formula is C15H15ClN2O2. The lowest BCUT2D eigenvalue weighted by molar-refractivity contribution is -0.118. The Hall–Kier alpha value is -2.20. The van der Waals surface area contributed by atoms with E-state index in [4.69, 9.17) is 22.1 Å². The Labute approximate surface area is 122 Å². The number of hydrogen-bond acceptors (Lipinski definition) is 3. The van der Waals surface area contributed by atoms with Crippen LogP contribution in [0.15, 0.2) is 42.5 Å². The third kappa shape index (κ3) is 3.90. The van der Waals surface area contributed by atoms with E-state index in [-0.39, 0.29) is 12.5 Å². The molecule has 0 radical (unpaired) electrons. The molecule has 2 aromatic rings. The maximum atomic E-state index is 11.8. The van der Waals surface area contributed by atoms with Crippen LogP contribution in [-0.4, -0.2) is 12.5 Å². The number of benzene rings is 2. The van der Waals surface area contributed by atoms with E-state index in [0.29, 0.717) is 22.1 Å². The largest absolute Gasteiger partial charge is 0.484 e. The van der Waals surface area contributed by atoms with Crippen molar-refractivity contribution in [1.82, 2.24) is 0 Å². The van der Waals surface area contributed by atoms with Gasteiger partial charge < -0.3 is 15.8 Å². The van der Waals surface area contributed by atoms with Crippen LogP contribution in [0.25, 0.3) is 0 Å². The summed E-state index contributed by atoms with van der Waals surface area (Å²) >= 11 is 5.76. The molecule has 0 bridgehead atoms. The molecule has 1 amide bonds. The molecule has 2 rings (SSSR count). The third-order valence-corrected chi connectivity index (χ3v) is 2.99. The summed E-state index contributed by atoms with van der Waals surface area (Å²) in [6.07, 6.45) is 0. The van der Waals surface area contributed by atoms with Crippen LogP contribution in [0.5, 0.6) is 5.75 Å². The van der Waals surface area contributed by atoms with Crippen LogP contribution in [0.2, 0.25) is 5.02 Å². The van der Waals surface area contributed by atoms with E-state index >= 15 is 0 Å². The van der Waals surface area contributed by atoms with Crippen LogP contribution >= 0.6 is 11.6 Å². The van der Waals surface area contributed by atoms with E-state index in [2.05, 4.69) is 5.32 Å². The van der Waals surface area contributed by atoms with Gasteiger partial charge in [0.1, 0.15) is 5.75 Å². The first kappa shape index (κ1) is 14.2. The van der Waals surface area contributed by atoms with Gasteiger partial charge in [0.05, 0.1) is 0 Å². The number of carbonyl (C=O) groups excluding carboxylic acids is 1. The third-order valence-electron chi connectivity index (χ3n) is 2.74. The molecule has 0 saturated heterocycles. The quantitative estimate of drug-likeness (QED) is 0.850. The highest BCUT2D eigenvalue weighted by atomic mass is 35.5. The molecule has 3 N–H and O–H groups in total. The first-order valence-corrected chi connectivity index (χ1v) is 6.47. The average molecular weight is 291 g/mol. The minimum atomic E-state index is -0.232. The number of ether oxygens (including phenoxy) is 1.